The Morgan fingerprint density at radius 3 is 1.86 bits per heavy atom. The van der Waals surface area contributed by atoms with Crippen molar-refractivity contribution in [3.8, 4) is 0 Å². The van der Waals surface area contributed by atoms with Crippen molar-refractivity contribution in [3.05, 3.63) is 96.6 Å². The van der Waals surface area contributed by atoms with Gasteiger partial charge in [0, 0.05) is 21.4 Å². The van der Waals surface area contributed by atoms with Crippen molar-refractivity contribution in [2.75, 3.05) is 13.6 Å². The summed E-state index contributed by atoms with van der Waals surface area (Å²) < 4.78 is 20.0. The van der Waals surface area contributed by atoms with Crippen LogP contribution in [0.15, 0.2) is 91.0 Å². The fraction of sp³-hybridized carbons (Fsp3) is 0.310. The number of benzene rings is 3. The van der Waals surface area contributed by atoms with E-state index in [1.54, 1.807) is 0 Å². The number of amides is 1. The summed E-state index contributed by atoms with van der Waals surface area (Å²) in [5.41, 5.74) is 0.780. The molecule has 3 aromatic carbocycles. The predicted molar refractivity (Wildman–Crippen MR) is 144 cm³/mol. The standard InChI is InChI=1S/C29H35NO5Si/c1-29(2,3)36(24-16-10-6-11-17-24,25-18-12-7-13-19-25)35-21-20-26(27(31)32)30(4)28(33)34-22-23-14-8-5-9-15-23/h5-19,26H,20-22H2,1-4H3,(H,31,32)/t26-/m0/s1/i4D. The van der Waals surface area contributed by atoms with Gasteiger partial charge in [-0.1, -0.05) is 112 Å². The van der Waals surface area contributed by atoms with Gasteiger partial charge in [0.1, 0.15) is 12.6 Å². The van der Waals surface area contributed by atoms with Crippen molar-refractivity contribution in [1.82, 2.24) is 4.90 Å². The SMILES string of the molecule is [2H]CN(C(=O)OCc1ccccc1)[C@@H](CCO[Si](c1ccccc1)(c1ccccc1)C(C)(C)C)C(=O)O. The van der Waals surface area contributed by atoms with E-state index in [0.29, 0.717) is 0 Å². The minimum Gasteiger partial charge on any atom is -0.480 e. The van der Waals surface area contributed by atoms with Crippen LogP contribution in [0, 0.1) is 0 Å². The second-order valence-electron chi connectivity index (χ2n) is 9.66. The molecule has 0 fully saturated rings. The van der Waals surface area contributed by atoms with E-state index in [2.05, 4.69) is 45.0 Å². The molecule has 0 saturated carbocycles. The lowest BCUT2D eigenvalue weighted by Crippen LogP contribution is -2.66. The number of carbonyl (C=O) groups excluding carboxylic acids is 1. The number of ether oxygens (including phenoxy) is 1. The van der Waals surface area contributed by atoms with Crippen LogP contribution in [-0.2, 0) is 20.6 Å². The Bertz CT molecular complexity index is 1100. The molecule has 0 radical (unpaired) electrons. The van der Waals surface area contributed by atoms with Crippen molar-refractivity contribution < 1.29 is 25.2 Å². The zero-order chi connectivity index (χ0) is 26.9. The Morgan fingerprint density at radius 1 is 0.917 bits per heavy atom. The molecule has 0 bridgehead atoms. The highest BCUT2D eigenvalue weighted by Gasteiger charge is 2.50. The highest BCUT2D eigenvalue weighted by Crippen LogP contribution is 2.36. The lowest BCUT2D eigenvalue weighted by Gasteiger charge is -2.43. The second-order valence-corrected chi connectivity index (χ2v) is 14.0. The van der Waals surface area contributed by atoms with Crippen molar-refractivity contribution >= 4 is 30.8 Å². The number of likely N-dealkylation sites (N-methyl/N-ethyl adjacent to an activating group) is 1. The lowest BCUT2D eigenvalue weighted by atomic mass is 10.2. The van der Waals surface area contributed by atoms with Crippen molar-refractivity contribution in [2.24, 2.45) is 0 Å². The predicted octanol–water partition coefficient (Wildman–Crippen LogP) is 4.67. The number of carboxylic acids is 1. The van der Waals surface area contributed by atoms with Gasteiger partial charge in [-0.2, -0.15) is 0 Å². The fourth-order valence-corrected chi connectivity index (χ4v) is 9.01. The molecular formula is C29H35NO5Si. The molecule has 0 spiro atoms. The van der Waals surface area contributed by atoms with Gasteiger partial charge in [-0.3, -0.25) is 4.90 Å². The number of hydrogen-bond donors (Lipinski definition) is 1. The smallest absolute Gasteiger partial charge is 0.410 e. The van der Waals surface area contributed by atoms with E-state index < -0.39 is 33.4 Å². The van der Waals surface area contributed by atoms with E-state index in [0.717, 1.165) is 20.8 Å². The third-order valence-corrected chi connectivity index (χ3v) is 11.3. The highest BCUT2D eigenvalue weighted by atomic mass is 28.4. The fourth-order valence-electron chi connectivity index (χ4n) is 4.43. The Morgan fingerprint density at radius 2 is 1.42 bits per heavy atom. The van der Waals surface area contributed by atoms with Gasteiger partial charge in [0.05, 0.1) is 0 Å². The summed E-state index contributed by atoms with van der Waals surface area (Å²) in [5, 5.41) is 11.9. The molecule has 0 unspecified atom stereocenters. The van der Waals surface area contributed by atoms with Gasteiger partial charge in [0.15, 0.2) is 0 Å². The molecule has 0 aliphatic rings. The first kappa shape index (κ1) is 25.7. The zero-order valence-corrected chi connectivity index (χ0v) is 22.1. The molecule has 7 heteroatoms. The van der Waals surface area contributed by atoms with Crippen molar-refractivity contribution in [1.29, 1.82) is 0 Å². The summed E-state index contributed by atoms with van der Waals surface area (Å²) in [6.45, 7) is 6.54. The molecule has 3 rings (SSSR count). The van der Waals surface area contributed by atoms with Crippen LogP contribution in [0.2, 0.25) is 5.04 Å². The first-order valence-electron chi connectivity index (χ1n) is 12.7. The zero-order valence-electron chi connectivity index (χ0n) is 22.1. The van der Waals surface area contributed by atoms with E-state index in [1.165, 1.54) is 0 Å². The topological polar surface area (TPSA) is 76.1 Å². The van der Waals surface area contributed by atoms with Crippen molar-refractivity contribution in [3.63, 3.8) is 0 Å². The van der Waals surface area contributed by atoms with Gasteiger partial charge in [-0.15, -0.1) is 0 Å². The molecule has 36 heavy (non-hydrogen) atoms. The van der Waals surface area contributed by atoms with Gasteiger partial charge < -0.3 is 14.3 Å². The number of hydrogen-bond acceptors (Lipinski definition) is 4. The van der Waals surface area contributed by atoms with Crippen LogP contribution in [0.4, 0.5) is 4.79 Å². The summed E-state index contributed by atoms with van der Waals surface area (Å²) in [6.07, 6.45) is -0.809. The summed E-state index contributed by atoms with van der Waals surface area (Å²) >= 11 is 0. The summed E-state index contributed by atoms with van der Waals surface area (Å²) in [4.78, 5) is 25.9. The maximum absolute atomic E-state index is 12.7. The average Bonchev–Trinajstić information content (AvgIpc) is 2.90. The Balaban J connectivity index is 1.83. The lowest BCUT2D eigenvalue weighted by molar-refractivity contribution is -0.142. The van der Waals surface area contributed by atoms with E-state index in [-0.39, 0.29) is 24.7 Å². The van der Waals surface area contributed by atoms with Gasteiger partial charge in [-0.05, 0) is 21.0 Å². The molecule has 0 heterocycles. The van der Waals surface area contributed by atoms with E-state index in [1.807, 2.05) is 66.7 Å². The molecule has 1 atom stereocenters. The Hall–Kier alpha value is -3.42. The van der Waals surface area contributed by atoms with E-state index in [4.69, 9.17) is 10.5 Å². The second kappa shape index (κ2) is 12.0. The number of rotatable bonds is 10. The van der Waals surface area contributed by atoms with Gasteiger partial charge >= 0.3 is 12.1 Å². The van der Waals surface area contributed by atoms with E-state index >= 15 is 0 Å². The van der Waals surface area contributed by atoms with Crippen LogP contribution in [0.1, 0.15) is 34.1 Å². The quantitative estimate of drug-likeness (QED) is 0.404. The van der Waals surface area contributed by atoms with Gasteiger partial charge in [0.25, 0.3) is 8.32 Å². The normalized spacial score (nSPS) is 12.9. The Labute approximate surface area is 216 Å². The van der Waals surface area contributed by atoms with E-state index in [9.17, 15) is 14.7 Å². The van der Waals surface area contributed by atoms with Crippen LogP contribution < -0.4 is 10.4 Å². The molecule has 190 valence electrons. The Kier molecular flexibility index (Phi) is 8.56. The minimum atomic E-state index is -2.86. The van der Waals surface area contributed by atoms with Crippen LogP contribution in [-0.4, -0.2) is 50.1 Å². The number of carbonyl (C=O) groups is 2. The number of nitrogens with zero attached hydrogens (tertiary/aromatic N) is 1. The molecule has 0 aliphatic heterocycles. The average molecular weight is 507 g/mol. The maximum Gasteiger partial charge on any atom is 0.410 e. The van der Waals surface area contributed by atoms with Crippen LogP contribution in [0.25, 0.3) is 0 Å². The third-order valence-electron chi connectivity index (χ3n) is 6.23. The molecular weight excluding hydrogens is 470 g/mol. The molecule has 0 aliphatic carbocycles. The monoisotopic (exact) mass is 506 g/mol. The molecule has 6 nitrogen and oxygen atoms in total. The number of carboxylic acid groups (broad SMARTS) is 1. The highest BCUT2D eigenvalue weighted by molar-refractivity contribution is 6.99. The number of aliphatic carboxylic acids is 1. The molecule has 0 aromatic heterocycles. The van der Waals surface area contributed by atoms with Crippen LogP contribution >= 0.6 is 0 Å². The molecule has 3 aromatic rings. The van der Waals surface area contributed by atoms with Gasteiger partial charge in [0.2, 0.25) is 0 Å². The molecule has 1 N–H and O–H groups in total. The molecule has 1 amide bonds. The maximum atomic E-state index is 12.7. The van der Waals surface area contributed by atoms with Crippen LogP contribution in [0.3, 0.4) is 0 Å². The first-order chi connectivity index (χ1) is 17.7. The molecule has 0 saturated heterocycles. The van der Waals surface area contributed by atoms with Gasteiger partial charge in [-0.25, -0.2) is 9.59 Å². The summed E-state index contributed by atoms with van der Waals surface area (Å²) in [5.74, 6) is -1.20. The van der Waals surface area contributed by atoms with Crippen LogP contribution in [0.5, 0.6) is 0 Å². The van der Waals surface area contributed by atoms with Crippen molar-refractivity contribution in [2.45, 2.75) is 44.9 Å². The first-order valence-corrected chi connectivity index (χ1v) is 13.9. The summed E-state index contributed by atoms with van der Waals surface area (Å²) in [7, 11) is -3.39. The largest absolute Gasteiger partial charge is 0.480 e. The summed E-state index contributed by atoms with van der Waals surface area (Å²) in [6, 6.07) is 28.0. The minimum absolute atomic E-state index is 0.00107. The third kappa shape index (κ3) is 6.22.